The number of hydrogen-bond acceptors (Lipinski definition) is 4. The average Bonchev–Trinajstić information content (AvgIpc) is 1.99. The van der Waals surface area contributed by atoms with Crippen molar-refractivity contribution in [1.29, 1.82) is 0 Å². The van der Waals surface area contributed by atoms with Gasteiger partial charge in [-0.25, -0.2) is 8.42 Å². The smallest absolute Gasteiger partial charge is 0.232 e. The maximum Gasteiger partial charge on any atom is 0.232 e. The Balaban J connectivity index is 4.73. The van der Waals surface area contributed by atoms with Gasteiger partial charge in [0.1, 0.15) is 0 Å². The van der Waals surface area contributed by atoms with Crippen molar-refractivity contribution in [3.8, 4) is 0 Å². The van der Waals surface area contributed by atoms with Gasteiger partial charge in [-0.15, -0.1) is 0 Å². The molecule has 0 aromatic carbocycles. The molecular weight excluding hydrogens is 206 g/mol. The minimum Gasteiger partial charge on any atom is -0.369 e. The van der Waals surface area contributed by atoms with Crippen molar-refractivity contribution in [2.75, 3.05) is 18.8 Å². The average molecular weight is 223 g/mol. The molecule has 4 N–H and O–H groups in total. The molecule has 0 atom stereocenters. The standard InChI is InChI=1S/C7H17N3O3S/c1-6(2)10(5-7(9)11)14(12,13)4-3-8/h6H,3-5,8H2,1-2H3,(H2,9,11). The molecule has 14 heavy (non-hydrogen) atoms. The van der Waals surface area contributed by atoms with Crippen LogP contribution >= 0.6 is 0 Å². The summed E-state index contributed by atoms with van der Waals surface area (Å²) in [7, 11) is -3.46. The zero-order valence-electron chi connectivity index (χ0n) is 8.43. The third kappa shape index (κ3) is 4.03. The highest BCUT2D eigenvalue weighted by Gasteiger charge is 2.25. The maximum absolute atomic E-state index is 11.5. The van der Waals surface area contributed by atoms with E-state index in [9.17, 15) is 13.2 Å². The van der Waals surface area contributed by atoms with Crippen LogP contribution in [0.3, 0.4) is 0 Å². The Kier molecular flexibility index (Phi) is 5.03. The van der Waals surface area contributed by atoms with Gasteiger partial charge in [0, 0.05) is 12.6 Å². The highest BCUT2D eigenvalue weighted by molar-refractivity contribution is 7.89. The van der Waals surface area contributed by atoms with Crippen LogP contribution in [-0.4, -0.2) is 43.5 Å². The van der Waals surface area contributed by atoms with Crippen LogP contribution in [0.15, 0.2) is 0 Å². The second-order valence-corrected chi connectivity index (χ2v) is 5.25. The minimum atomic E-state index is -3.46. The fourth-order valence-corrected chi connectivity index (χ4v) is 2.52. The van der Waals surface area contributed by atoms with E-state index in [2.05, 4.69) is 0 Å². The van der Waals surface area contributed by atoms with Gasteiger partial charge < -0.3 is 11.5 Å². The fourth-order valence-electron chi connectivity index (χ4n) is 1.02. The van der Waals surface area contributed by atoms with Crippen molar-refractivity contribution in [1.82, 2.24) is 4.31 Å². The van der Waals surface area contributed by atoms with Gasteiger partial charge in [-0.3, -0.25) is 4.79 Å². The first-order chi connectivity index (χ1) is 6.31. The topological polar surface area (TPSA) is 106 Å². The van der Waals surface area contributed by atoms with Gasteiger partial charge in [0.25, 0.3) is 0 Å². The molecule has 0 bridgehead atoms. The zero-order valence-corrected chi connectivity index (χ0v) is 9.25. The number of primary amides is 1. The predicted molar refractivity (Wildman–Crippen MR) is 53.9 cm³/mol. The summed E-state index contributed by atoms with van der Waals surface area (Å²) in [6.07, 6.45) is 0. The second-order valence-electron chi connectivity index (χ2n) is 3.21. The zero-order chi connectivity index (χ0) is 11.4. The van der Waals surface area contributed by atoms with Crippen LogP contribution in [0.1, 0.15) is 13.8 Å². The summed E-state index contributed by atoms with van der Waals surface area (Å²) >= 11 is 0. The lowest BCUT2D eigenvalue weighted by molar-refractivity contribution is -0.118. The molecule has 0 aliphatic carbocycles. The van der Waals surface area contributed by atoms with E-state index < -0.39 is 15.9 Å². The van der Waals surface area contributed by atoms with Crippen LogP contribution in [0.2, 0.25) is 0 Å². The summed E-state index contributed by atoms with van der Waals surface area (Å²) in [5.74, 6) is -0.836. The Hall–Kier alpha value is -0.660. The molecule has 0 spiro atoms. The lowest BCUT2D eigenvalue weighted by Gasteiger charge is -2.24. The molecule has 0 aliphatic heterocycles. The van der Waals surface area contributed by atoms with Crippen molar-refractivity contribution in [3.63, 3.8) is 0 Å². The van der Waals surface area contributed by atoms with Gasteiger partial charge in [-0.05, 0) is 13.8 Å². The first-order valence-corrected chi connectivity index (χ1v) is 5.90. The van der Waals surface area contributed by atoms with Gasteiger partial charge in [-0.2, -0.15) is 4.31 Å². The monoisotopic (exact) mass is 223 g/mol. The van der Waals surface area contributed by atoms with E-state index in [1.165, 1.54) is 0 Å². The number of hydrogen-bond donors (Lipinski definition) is 2. The lowest BCUT2D eigenvalue weighted by atomic mass is 10.4. The third-order valence-corrected chi connectivity index (χ3v) is 3.64. The molecule has 0 saturated carbocycles. The van der Waals surface area contributed by atoms with Crippen LogP contribution in [0, 0.1) is 0 Å². The molecule has 0 aromatic heterocycles. The summed E-state index contributed by atoms with van der Waals surface area (Å²) in [5, 5.41) is 0. The lowest BCUT2D eigenvalue weighted by Crippen LogP contribution is -2.44. The molecule has 0 aliphatic rings. The Morgan fingerprint density at radius 1 is 1.43 bits per heavy atom. The molecule has 0 heterocycles. The second kappa shape index (κ2) is 5.28. The Morgan fingerprint density at radius 3 is 2.21 bits per heavy atom. The number of sulfonamides is 1. The third-order valence-electron chi connectivity index (χ3n) is 1.62. The van der Waals surface area contributed by atoms with Crippen LogP contribution in [-0.2, 0) is 14.8 Å². The molecule has 1 amide bonds. The number of nitrogens with zero attached hydrogens (tertiary/aromatic N) is 1. The van der Waals surface area contributed by atoms with E-state index in [1.807, 2.05) is 0 Å². The molecule has 7 heteroatoms. The van der Waals surface area contributed by atoms with Gasteiger partial charge >= 0.3 is 0 Å². The van der Waals surface area contributed by atoms with Crippen LogP contribution < -0.4 is 11.5 Å². The molecule has 0 unspecified atom stereocenters. The number of carbonyl (C=O) groups is 1. The van der Waals surface area contributed by atoms with E-state index >= 15 is 0 Å². The van der Waals surface area contributed by atoms with E-state index in [-0.39, 0.29) is 24.9 Å². The van der Waals surface area contributed by atoms with Crippen molar-refractivity contribution < 1.29 is 13.2 Å². The van der Waals surface area contributed by atoms with Gasteiger partial charge in [0.2, 0.25) is 15.9 Å². The van der Waals surface area contributed by atoms with Crippen molar-refractivity contribution in [3.05, 3.63) is 0 Å². The number of rotatable bonds is 6. The summed E-state index contributed by atoms with van der Waals surface area (Å²) in [6, 6.07) is -0.293. The quantitative estimate of drug-likeness (QED) is 0.569. The van der Waals surface area contributed by atoms with Crippen molar-refractivity contribution >= 4 is 15.9 Å². The molecule has 0 saturated heterocycles. The molecule has 84 valence electrons. The van der Waals surface area contributed by atoms with E-state index in [0.29, 0.717) is 0 Å². The molecule has 0 aromatic rings. The van der Waals surface area contributed by atoms with Gasteiger partial charge in [-0.1, -0.05) is 0 Å². The first-order valence-electron chi connectivity index (χ1n) is 4.29. The first kappa shape index (κ1) is 13.3. The molecule has 6 nitrogen and oxygen atoms in total. The highest BCUT2D eigenvalue weighted by Crippen LogP contribution is 2.06. The normalized spacial score (nSPS) is 12.4. The fraction of sp³-hybridized carbons (Fsp3) is 0.857. The number of amides is 1. The van der Waals surface area contributed by atoms with Crippen LogP contribution in [0.5, 0.6) is 0 Å². The number of nitrogens with two attached hydrogens (primary N) is 2. The van der Waals surface area contributed by atoms with Gasteiger partial charge in [0.15, 0.2) is 0 Å². The largest absolute Gasteiger partial charge is 0.369 e. The van der Waals surface area contributed by atoms with E-state index in [1.54, 1.807) is 13.8 Å². The number of carbonyl (C=O) groups excluding carboxylic acids is 1. The SMILES string of the molecule is CC(C)N(CC(N)=O)S(=O)(=O)CCN. The van der Waals surface area contributed by atoms with Crippen LogP contribution in [0.25, 0.3) is 0 Å². The summed E-state index contributed by atoms with van der Waals surface area (Å²) in [5.41, 5.74) is 10.1. The summed E-state index contributed by atoms with van der Waals surface area (Å²) < 4.78 is 24.1. The van der Waals surface area contributed by atoms with E-state index in [0.717, 1.165) is 4.31 Å². The summed E-state index contributed by atoms with van der Waals surface area (Å²) in [4.78, 5) is 10.6. The van der Waals surface area contributed by atoms with Crippen LogP contribution in [0.4, 0.5) is 0 Å². The minimum absolute atomic E-state index is 0.0321. The Bertz CT molecular complexity index is 287. The molecule has 0 rings (SSSR count). The van der Waals surface area contributed by atoms with E-state index in [4.69, 9.17) is 11.5 Å². The summed E-state index contributed by atoms with van der Waals surface area (Å²) in [6.45, 7) is 3.10. The molecule has 0 fully saturated rings. The van der Waals surface area contributed by atoms with Gasteiger partial charge in [0.05, 0.1) is 12.3 Å². The van der Waals surface area contributed by atoms with Crippen molar-refractivity contribution in [2.24, 2.45) is 11.5 Å². The Labute approximate surface area is 84.3 Å². The molecule has 0 radical (unpaired) electrons. The Morgan fingerprint density at radius 2 is 1.93 bits per heavy atom. The predicted octanol–water partition coefficient (Wildman–Crippen LogP) is -1.53. The molecular formula is C7H17N3O3S. The highest BCUT2D eigenvalue weighted by atomic mass is 32.2. The maximum atomic E-state index is 11.5. The van der Waals surface area contributed by atoms with Crippen molar-refractivity contribution in [2.45, 2.75) is 19.9 Å².